The maximum atomic E-state index is 12.4. The van der Waals surface area contributed by atoms with Crippen molar-refractivity contribution in [3.63, 3.8) is 0 Å². The summed E-state index contributed by atoms with van der Waals surface area (Å²) in [6.45, 7) is 2.83. The third kappa shape index (κ3) is 5.16. The van der Waals surface area contributed by atoms with Crippen molar-refractivity contribution in [1.29, 1.82) is 0 Å². The highest BCUT2D eigenvalue weighted by Crippen LogP contribution is 2.21. The number of aryl methyl sites for hydroxylation is 1. The molecule has 2 N–H and O–H groups in total. The van der Waals surface area contributed by atoms with Crippen LogP contribution in [0.15, 0.2) is 51.8 Å². The van der Waals surface area contributed by atoms with Crippen molar-refractivity contribution in [2.24, 2.45) is 0 Å². The zero-order valence-corrected chi connectivity index (χ0v) is 17.3. The summed E-state index contributed by atoms with van der Waals surface area (Å²) in [5.41, 5.74) is 2.02. The molecular formula is C19H21BrN2O4S. The fraction of sp³-hybridized carbons (Fsp3) is 0.316. The second-order valence-corrected chi connectivity index (χ2v) is 9.11. The Bertz CT molecular complexity index is 923. The summed E-state index contributed by atoms with van der Waals surface area (Å²) in [6.07, 6.45) is 1.74. The van der Waals surface area contributed by atoms with Crippen molar-refractivity contribution >= 4 is 37.5 Å². The highest BCUT2D eigenvalue weighted by Gasteiger charge is 2.20. The zero-order valence-electron chi connectivity index (χ0n) is 14.9. The van der Waals surface area contributed by atoms with Crippen LogP contribution in [0.5, 0.6) is 0 Å². The van der Waals surface area contributed by atoms with Gasteiger partial charge in [0.15, 0.2) is 0 Å². The van der Waals surface area contributed by atoms with Crippen LogP contribution in [0.3, 0.4) is 0 Å². The maximum Gasteiger partial charge on any atom is 0.255 e. The number of hydrogen-bond acceptors (Lipinski definition) is 4. The molecule has 1 aliphatic heterocycles. The molecule has 27 heavy (non-hydrogen) atoms. The molecule has 2 aromatic rings. The minimum atomic E-state index is -3.63. The van der Waals surface area contributed by atoms with E-state index >= 15 is 0 Å². The standard InChI is InChI=1S/C19H21BrN2O4S/c1-13-11-15(20)6-9-18(13)22-19(23)14-4-7-17(8-5-14)27(24,25)21-12-16-3-2-10-26-16/h4-9,11,16,21H,2-3,10,12H2,1H3,(H,22,23)/t16-/m1/s1. The molecule has 0 bridgehead atoms. The summed E-state index contributed by atoms with van der Waals surface area (Å²) < 4.78 is 33.7. The van der Waals surface area contributed by atoms with E-state index in [4.69, 9.17) is 4.74 Å². The van der Waals surface area contributed by atoms with Crippen LogP contribution in [-0.4, -0.2) is 33.6 Å². The maximum absolute atomic E-state index is 12.4. The number of halogens is 1. The van der Waals surface area contributed by atoms with E-state index in [1.54, 1.807) is 0 Å². The molecular weight excluding hydrogens is 432 g/mol. The molecule has 1 atom stereocenters. The first-order valence-corrected chi connectivity index (χ1v) is 10.9. The number of hydrogen-bond donors (Lipinski definition) is 2. The lowest BCUT2D eigenvalue weighted by molar-refractivity contribution is 0.102. The van der Waals surface area contributed by atoms with Crippen molar-refractivity contribution < 1.29 is 17.9 Å². The number of sulfonamides is 1. The highest BCUT2D eigenvalue weighted by atomic mass is 79.9. The Morgan fingerprint density at radius 3 is 2.59 bits per heavy atom. The fourth-order valence-corrected chi connectivity index (χ4v) is 4.38. The molecule has 1 aliphatic rings. The number of benzene rings is 2. The summed E-state index contributed by atoms with van der Waals surface area (Å²) in [6, 6.07) is 11.4. The van der Waals surface area contributed by atoms with E-state index in [0.29, 0.717) is 17.9 Å². The van der Waals surface area contributed by atoms with Gasteiger partial charge in [-0.1, -0.05) is 15.9 Å². The van der Waals surface area contributed by atoms with Crippen LogP contribution in [0, 0.1) is 6.92 Å². The molecule has 0 saturated carbocycles. The van der Waals surface area contributed by atoms with Crippen LogP contribution in [0.25, 0.3) is 0 Å². The number of carbonyl (C=O) groups is 1. The van der Waals surface area contributed by atoms with Gasteiger partial charge < -0.3 is 10.1 Å². The minimum Gasteiger partial charge on any atom is -0.377 e. The molecule has 2 aromatic carbocycles. The molecule has 1 saturated heterocycles. The van der Waals surface area contributed by atoms with E-state index < -0.39 is 10.0 Å². The molecule has 1 fully saturated rings. The van der Waals surface area contributed by atoms with E-state index in [1.807, 2.05) is 25.1 Å². The molecule has 0 radical (unpaired) electrons. The first-order chi connectivity index (χ1) is 12.8. The number of amides is 1. The van der Waals surface area contributed by atoms with E-state index in [0.717, 1.165) is 22.9 Å². The van der Waals surface area contributed by atoms with Gasteiger partial charge >= 0.3 is 0 Å². The van der Waals surface area contributed by atoms with E-state index in [1.165, 1.54) is 24.3 Å². The number of nitrogens with one attached hydrogen (secondary N) is 2. The van der Waals surface area contributed by atoms with Gasteiger partial charge in [0.25, 0.3) is 5.91 Å². The lowest BCUT2D eigenvalue weighted by Crippen LogP contribution is -2.31. The molecule has 0 unspecified atom stereocenters. The van der Waals surface area contributed by atoms with Crippen LogP contribution in [-0.2, 0) is 14.8 Å². The third-order valence-electron chi connectivity index (χ3n) is 4.39. The number of rotatable bonds is 6. The lowest BCUT2D eigenvalue weighted by Gasteiger charge is -2.12. The second kappa shape index (κ2) is 8.52. The van der Waals surface area contributed by atoms with Gasteiger partial charge in [-0.25, -0.2) is 13.1 Å². The second-order valence-electron chi connectivity index (χ2n) is 6.42. The molecule has 0 spiro atoms. The van der Waals surface area contributed by atoms with Gasteiger partial charge in [-0.3, -0.25) is 4.79 Å². The quantitative estimate of drug-likeness (QED) is 0.702. The highest BCUT2D eigenvalue weighted by molar-refractivity contribution is 9.10. The van der Waals surface area contributed by atoms with Gasteiger partial charge in [0, 0.05) is 28.9 Å². The van der Waals surface area contributed by atoms with Crippen LogP contribution in [0.4, 0.5) is 5.69 Å². The Balaban J connectivity index is 1.65. The molecule has 3 rings (SSSR count). The van der Waals surface area contributed by atoms with Crippen molar-refractivity contribution in [3.8, 4) is 0 Å². The normalized spacial score (nSPS) is 17.0. The molecule has 0 aliphatic carbocycles. The molecule has 8 heteroatoms. The van der Waals surface area contributed by atoms with Crippen LogP contribution < -0.4 is 10.0 Å². The first kappa shape index (κ1) is 20.0. The van der Waals surface area contributed by atoms with Gasteiger partial charge in [0.2, 0.25) is 10.0 Å². The monoisotopic (exact) mass is 452 g/mol. The number of carbonyl (C=O) groups excluding carboxylic acids is 1. The molecule has 1 amide bonds. The summed E-state index contributed by atoms with van der Waals surface area (Å²) in [7, 11) is -3.63. The van der Waals surface area contributed by atoms with Gasteiger partial charge in [-0.2, -0.15) is 0 Å². The summed E-state index contributed by atoms with van der Waals surface area (Å²) >= 11 is 3.38. The van der Waals surface area contributed by atoms with Gasteiger partial charge in [0.1, 0.15) is 0 Å². The summed E-state index contributed by atoms with van der Waals surface area (Å²) in [4.78, 5) is 12.5. The molecule has 144 valence electrons. The average molecular weight is 453 g/mol. The Morgan fingerprint density at radius 2 is 1.96 bits per heavy atom. The molecule has 1 heterocycles. The largest absolute Gasteiger partial charge is 0.377 e. The zero-order chi connectivity index (χ0) is 19.4. The number of ether oxygens (including phenoxy) is 1. The predicted molar refractivity (Wildman–Crippen MR) is 107 cm³/mol. The fourth-order valence-electron chi connectivity index (χ4n) is 2.84. The smallest absolute Gasteiger partial charge is 0.255 e. The Morgan fingerprint density at radius 1 is 1.22 bits per heavy atom. The van der Waals surface area contributed by atoms with E-state index in [-0.39, 0.29) is 23.5 Å². The van der Waals surface area contributed by atoms with Crippen LogP contribution in [0.1, 0.15) is 28.8 Å². The van der Waals surface area contributed by atoms with Crippen LogP contribution >= 0.6 is 15.9 Å². The van der Waals surface area contributed by atoms with Crippen molar-refractivity contribution in [3.05, 3.63) is 58.1 Å². The SMILES string of the molecule is Cc1cc(Br)ccc1NC(=O)c1ccc(S(=O)(=O)NC[C@H]2CCCO2)cc1. The minimum absolute atomic E-state index is 0.0704. The first-order valence-electron chi connectivity index (χ1n) is 8.64. The number of anilines is 1. The van der Waals surface area contributed by atoms with Crippen molar-refractivity contribution in [2.75, 3.05) is 18.5 Å². The molecule has 0 aromatic heterocycles. The van der Waals surface area contributed by atoms with Gasteiger partial charge in [-0.15, -0.1) is 0 Å². The third-order valence-corrected chi connectivity index (χ3v) is 6.32. The predicted octanol–water partition coefficient (Wildman–Crippen LogP) is 3.47. The van der Waals surface area contributed by atoms with Crippen LogP contribution in [0.2, 0.25) is 0 Å². The van der Waals surface area contributed by atoms with Gasteiger partial charge in [0.05, 0.1) is 11.0 Å². The Kier molecular flexibility index (Phi) is 6.31. The average Bonchev–Trinajstić information content (AvgIpc) is 3.16. The Labute approximate surface area is 167 Å². The lowest BCUT2D eigenvalue weighted by atomic mass is 10.1. The Hall–Kier alpha value is -1.74. The van der Waals surface area contributed by atoms with Crippen molar-refractivity contribution in [1.82, 2.24) is 4.72 Å². The summed E-state index contributed by atoms with van der Waals surface area (Å²) in [5.74, 6) is -0.295. The molecule has 6 nitrogen and oxygen atoms in total. The summed E-state index contributed by atoms with van der Waals surface area (Å²) in [5, 5.41) is 2.83. The van der Waals surface area contributed by atoms with E-state index in [2.05, 4.69) is 26.0 Å². The van der Waals surface area contributed by atoms with Gasteiger partial charge in [-0.05, 0) is 67.8 Å². The van der Waals surface area contributed by atoms with E-state index in [9.17, 15) is 13.2 Å². The van der Waals surface area contributed by atoms with Crippen molar-refractivity contribution in [2.45, 2.75) is 30.8 Å². The topological polar surface area (TPSA) is 84.5 Å².